The van der Waals surface area contributed by atoms with Gasteiger partial charge in [0.15, 0.2) is 0 Å². The summed E-state index contributed by atoms with van der Waals surface area (Å²) in [6.07, 6.45) is 1.43. The molecule has 1 aliphatic heterocycles. The van der Waals surface area contributed by atoms with Crippen LogP contribution in [0.1, 0.15) is 23.5 Å². The molecule has 2 atom stereocenters. The first-order valence-electron chi connectivity index (χ1n) is 4.12. The Hall–Kier alpha value is -0.430. The third-order valence-electron chi connectivity index (χ3n) is 2.64. The molecule has 1 aliphatic carbocycles. The summed E-state index contributed by atoms with van der Waals surface area (Å²) in [5.41, 5.74) is 3.10. The Morgan fingerprint density at radius 3 is 3.18 bits per heavy atom. The third-order valence-corrected chi connectivity index (χ3v) is 4.26. The predicted molar refractivity (Wildman–Crippen MR) is 48.2 cm³/mol. The van der Waals surface area contributed by atoms with Crippen molar-refractivity contribution < 1.29 is 0 Å². The molecule has 2 unspecified atom stereocenters. The first-order chi connectivity index (χ1) is 5.36. The van der Waals surface area contributed by atoms with Crippen molar-refractivity contribution in [2.45, 2.75) is 29.4 Å². The molecule has 0 bridgehead atoms. The van der Waals surface area contributed by atoms with Crippen molar-refractivity contribution in [2.75, 3.05) is 0 Å². The smallest absolute Gasteiger partial charge is 0.0170 e. The quantitative estimate of drug-likeness (QED) is 0.565. The second-order valence-corrected chi connectivity index (χ2v) is 4.74. The van der Waals surface area contributed by atoms with E-state index in [0.717, 1.165) is 11.2 Å². The lowest BCUT2D eigenvalue weighted by atomic mass is 10.1. The van der Waals surface area contributed by atoms with Crippen LogP contribution >= 0.6 is 11.8 Å². The fourth-order valence-corrected chi connectivity index (χ4v) is 3.44. The highest BCUT2D eigenvalue weighted by Gasteiger charge is 2.46. The standard InChI is InChI=1S/C10H10S/c1-6-3-2-4-7-8-5-9(8)11-10(6)7/h2-4,8-9H,5H2,1H3. The molecule has 1 fully saturated rings. The molecule has 3 rings (SSSR count). The fourth-order valence-electron chi connectivity index (χ4n) is 1.91. The van der Waals surface area contributed by atoms with Gasteiger partial charge in [-0.25, -0.2) is 0 Å². The molecule has 0 aromatic heterocycles. The lowest BCUT2D eigenvalue weighted by molar-refractivity contribution is 1.08. The predicted octanol–water partition coefficient (Wildman–Crippen LogP) is 2.96. The third kappa shape index (κ3) is 0.721. The Balaban J connectivity index is 2.24. The van der Waals surface area contributed by atoms with Crippen LogP contribution in [0.5, 0.6) is 0 Å². The van der Waals surface area contributed by atoms with Crippen LogP contribution in [-0.2, 0) is 0 Å². The largest absolute Gasteiger partial charge is 0.122 e. The molecule has 0 saturated heterocycles. The first-order valence-corrected chi connectivity index (χ1v) is 5.00. The van der Waals surface area contributed by atoms with Gasteiger partial charge in [0.05, 0.1) is 0 Å². The fraction of sp³-hybridized carbons (Fsp3) is 0.400. The molecule has 56 valence electrons. The summed E-state index contributed by atoms with van der Waals surface area (Å²) < 4.78 is 0. The summed E-state index contributed by atoms with van der Waals surface area (Å²) in [6, 6.07) is 6.71. The van der Waals surface area contributed by atoms with Gasteiger partial charge in [-0.2, -0.15) is 0 Å². The van der Waals surface area contributed by atoms with Crippen LogP contribution in [0.3, 0.4) is 0 Å². The van der Waals surface area contributed by atoms with Crippen LogP contribution in [0, 0.1) is 6.92 Å². The zero-order chi connectivity index (χ0) is 7.42. The van der Waals surface area contributed by atoms with Gasteiger partial charge in [-0.15, -0.1) is 11.8 Å². The van der Waals surface area contributed by atoms with E-state index in [0.29, 0.717) is 0 Å². The lowest BCUT2D eigenvalue weighted by Crippen LogP contribution is -1.82. The molecular formula is C10H10S. The van der Waals surface area contributed by atoms with Gasteiger partial charge < -0.3 is 0 Å². The average Bonchev–Trinajstić information content (AvgIpc) is 2.67. The lowest BCUT2D eigenvalue weighted by Gasteiger charge is -2.03. The molecule has 1 aromatic carbocycles. The molecule has 1 heteroatoms. The van der Waals surface area contributed by atoms with Crippen molar-refractivity contribution in [3.8, 4) is 0 Å². The number of aryl methyl sites for hydroxylation is 1. The Morgan fingerprint density at radius 2 is 2.36 bits per heavy atom. The summed E-state index contributed by atoms with van der Waals surface area (Å²) in [5.74, 6) is 0.926. The maximum absolute atomic E-state index is 2.30. The molecule has 0 radical (unpaired) electrons. The van der Waals surface area contributed by atoms with E-state index in [1.54, 1.807) is 10.5 Å². The second kappa shape index (κ2) is 1.84. The number of fused-ring (bicyclic) bond motifs is 3. The minimum Gasteiger partial charge on any atom is -0.122 e. The van der Waals surface area contributed by atoms with Crippen LogP contribution < -0.4 is 0 Å². The number of benzene rings is 1. The molecule has 0 nitrogen and oxygen atoms in total. The minimum absolute atomic E-state index is 0.926. The molecule has 0 spiro atoms. The number of rotatable bonds is 0. The van der Waals surface area contributed by atoms with Gasteiger partial charge in [-0.1, -0.05) is 18.2 Å². The van der Waals surface area contributed by atoms with Crippen molar-refractivity contribution in [3.63, 3.8) is 0 Å². The molecule has 1 heterocycles. The van der Waals surface area contributed by atoms with Gasteiger partial charge in [0.2, 0.25) is 0 Å². The maximum Gasteiger partial charge on any atom is 0.0170 e. The van der Waals surface area contributed by atoms with Gasteiger partial charge in [0.1, 0.15) is 0 Å². The van der Waals surface area contributed by atoms with E-state index >= 15 is 0 Å². The molecule has 0 N–H and O–H groups in total. The molecule has 1 aromatic rings. The Bertz CT molecular complexity index is 317. The highest BCUT2D eigenvalue weighted by Crippen LogP contribution is 2.61. The van der Waals surface area contributed by atoms with Crippen molar-refractivity contribution in [2.24, 2.45) is 0 Å². The molecule has 1 saturated carbocycles. The van der Waals surface area contributed by atoms with Crippen LogP contribution in [0.4, 0.5) is 0 Å². The Morgan fingerprint density at radius 1 is 1.45 bits per heavy atom. The van der Waals surface area contributed by atoms with Gasteiger partial charge in [0.25, 0.3) is 0 Å². The van der Waals surface area contributed by atoms with Crippen molar-refractivity contribution in [1.29, 1.82) is 0 Å². The number of thioether (sulfide) groups is 1. The normalized spacial score (nSPS) is 31.4. The molecule has 0 amide bonds. The summed E-state index contributed by atoms with van der Waals surface area (Å²) in [7, 11) is 0. The van der Waals surface area contributed by atoms with E-state index in [-0.39, 0.29) is 0 Å². The minimum atomic E-state index is 0.926. The van der Waals surface area contributed by atoms with Crippen LogP contribution in [-0.4, -0.2) is 5.25 Å². The first kappa shape index (κ1) is 6.13. The summed E-state index contributed by atoms with van der Waals surface area (Å²) >= 11 is 2.09. The number of hydrogen-bond donors (Lipinski definition) is 0. The highest BCUT2D eigenvalue weighted by atomic mass is 32.2. The molecule has 2 aliphatic rings. The summed E-state index contributed by atoms with van der Waals surface area (Å²) in [6.45, 7) is 2.22. The van der Waals surface area contributed by atoms with Crippen LogP contribution in [0.25, 0.3) is 0 Å². The monoisotopic (exact) mass is 162 g/mol. The van der Waals surface area contributed by atoms with E-state index in [4.69, 9.17) is 0 Å². The Kier molecular flexibility index (Phi) is 1.02. The van der Waals surface area contributed by atoms with E-state index in [1.807, 2.05) is 0 Å². The summed E-state index contributed by atoms with van der Waals surface area (Å²) in [4.78, 5) is 1.58. The number of hydrogen-bond acceptors (Lipinski definition) is 1. The molecular weight excluding hydrogens is 152 g/mol. The molecule has 11 heavy (non-hydrogen) atoms. The topological polar surface area (TPSA) is 0 Å². The van der Waals surface area contributed by atoms with E-state index in [2.05, 4.69) is 36.9 Å². The van der Waals surface area contributed by atoms with Gasteiger partial charge in [-0.05, 0) is 30.4 Å². The van der Waals surface area contributed by atoms with Gasteiger partial charge in [0, 0.05) is 10.1 Å². The highest BCUT2D eigenvalue weighted by molar-refractivity contribution is 8.00. The Labute approximate surface area is 71.0 Å². The average molecular weight is 162 g/mol. The van der Waals surface area contributed by atoms with Crippen molar-refractivity contribution in [1.82, 2.24) is 0 Å². The van der Waals surface area contributed by atoms with Gasteiger partial charge in [-0.3, -0.25) is 0 Å². The van der Waals surface area contributed by atoms with Crippen LogP contribution in [0.15, 0.2) is 23.1 Å². The zero-order valence-electron chi connectivity index (χ0n) is 6.50. The van der Waals surface area contributed by atoms with Crippen LogP contribution in [0.2, 0.25) is 0 Å². The maximum atomic E-state index is 2.30. The SMILES string of the molecule is Cc1cccc2c1SC1CC21. The van der Waals surface area contributed by atoms with Crippen molar-refractivity contribution >= 4 is 11.8 Å². The zero-order valence-corrected chi connectivity index (χ0v) is 7.32. The van der Waals surface area contributed by atoms with E-state index in [9.17, 15) is 0 Å². The second-order valence-electron chi connectivity index (χ2n) is 3.49. The van der Waals surface area contributed by atoms with Crippen molar-refractivity contribution in [3.05, 3.63) is 29.3 Å². The van der Waals surface area contributed by atoms with Gasteiger partial charge >= 0.3 is 0 Å². The summed E-state index contributed by atoms with van der Waals surface area (Å²) in [5, 5.41) is 0.950. The van der Waals surface area contributed by atoms with E-state index < -0.39 is 0 Å². The van der Waals surface area contributed by atoms with E-state index in [1.165, 1.54) is 12.0 Å².